The minimum Gasteiger partial charge on any atom is -0.496 e. The van der Waals surface area contributed by atoms with Gasteiger partial charge in [0.15, 0.2) is 5.96 Å². The highest BCUT2D eigenvalue weighted by molar-refractivity contribution is 5.79. The normalized spacial score (nSPS) is 11.6. The molecule has 136 valence electrons. The summed E-state index contributed by atoms with van der Waals surface area (Å²) in [4.78, 5) is 7.09. The Labute approximate surface area is 147 Å². The molecule has 24 heavy (non-hydrogen) atoms. The van der Waals surface area contributed by atoms with E-state index in [2.05, 4.69) is 47.4 Å². The lowest BCUT2D eigenvalue weighted by Crippen LogP contribution is -2.38. The third-order valence-corrected chi connectivity index (χ3v) is 4.02. The summed E-state index contributed by atoms with van der Waals surface area (Å²) < 4.78 is 5.40. The molecule has 0 heterocycles. The van der Waals surface area contributed by atoms with Crippen molar-refractivity contribution in [3.8, 4) is 5.75 Å². The van der Waals surface area contributed by atoms with Crippen LogP contribution in [0.5, 0.6) is 5.75 Å². The lowest BCUT2D eigenvalue weighted by Gasteiger charge is -2.17. The van der Waals surface area contributed by atoms with E-state index in [9.17, 15) is 0 Å². The fourth-order valence-electron chi connectivity index (χ4n) is 2.59. The molecule has 0 atom stereocenters. The molecule has 1 aromatic carbocycles. The van der Waals surface area contributed by atoms with Gasteiger partial charge in [-0.05, 0) is 51.0 Å². The molecule has 1 rings (SSSR count). The predicted octanol–water partition coefficient (Wildman–Crippen LogP) is 2.52. The van der Waals surface area contributed by atoms with E-state index < -0.39 is 0 Å². The molecule has 5 heteroatoms. The fourth-order valence-corrected chi connectivity index (χ4v) is 2.59. The van der Waals surface area contributed by atoms with E-state index >= 15 is 0 Å². The third kappa shape index (κ3) is 7.68. The minimum atomic E-state index is 0.836. The molecule has 0 bridgehead atoms. The molecule has 0 fully saturated rings. The molecule has 1 aromatic rings. The number of methoxy groups -OCH3 is 1. The molecule has 0 aliphatic rings. The summed E-state index contributed by atoms with van der Waals surface area (Å²) in [6.07, 6.45) is 2.00. The van der Waals surface area contributed by atoms with Gasteiger partial charge in [-0.3, -0.25) is 4.99 Å². The number of hydrogen-bond acceptors (Lipinski definition) is 3. The van der Waals surface area contributed by atoms with Gasteiger partial charge in [-0.2, -0.15) is 0 Å². The zero-order valence-electron chi connectivity index (χ0n) is 15.8. The average Bonchev–Trinajstić information content (AvgIpc) is 2.62. The zero-order valence-corrected chi connectivity index (χ0v) is 15.8. The number of rotatable bonds is 11. The first kappa shape index (κ1) is 20.3. The first-order valence-electron chi connectivity index (χ1n) is 9.11. The second-order valence-electron chi connectivity index (χ2n) is 5.63. The number of para-hydroxylation sites is 1. The number of guanidine groups is 1. The zero-order chi connectivity index (χ0) is 17.6. The number of nitrogens with zero attached hydrogens (tertiary/aromatic N) is 2. The van der Waals surface area contributed by atoms with Crippen molar-refractivity contribution in [1.29, 1.82) is 0 Å². The van der Waals surface area contributed by atoms with Crippen LogP contribution in [0.3, 0.4) is 0 Å². The Morgan fingerprint density at radius 1 is 1.12 bits per heavy atom. The van der Waals surface area contributed by atoms with Crippen LogP contribution < -0.4 is 15.4 Å². The molecule has 0 aliphatic carbocycles. The Balaban J connectivity index is 2.40. The molecule has 2 N–H and O–H groups in total. The molecular weight excluding hydrogens is 300 g/mol. The van der Waals surface area contributed by atoms with Gasteiger partial charge in [0, 0.05) is 19.6 Å². The van der Waals surface area contributed by atoms with Crippen molar-refractivity contribution in [3.63, 3.8) is 0 Å². The molecule has 5 nitrogen and oxygen atoms in total. The van der Waals surface area contributed by atoms with E-state index in [0.29, 0.717) is 0 Å². The van der Waals surface area contributed by atoms with E-state index in [0.717, 1.165) is 63.8 Å². The van der Waals surface area contributed by atoms with Crippen LogP contribution in [0, 0.1) is 0 Å². The molecule has 0 amide bonds. The minimum absolute atomic E-state index is 0.836. The monoisotopic (exact) mass is 334 g/mol. The predicted molar refractivity (Wildman–Crippen MR) is 103 cm³/mol. The van der Waals surface area contributed by atoms with Gasteiger partial charge in [0.2, 0.25) is 0 Å². The topological polar surface area (TPSA) is 48.9 Å². The van der Waals surface area contributed by atoms with Crippen LogP contribution in [0.4, 0.5) is 0 Å². The van der Waals surface area contributed by atoms with Crippen molar-refractivity contribution >= 4 is 5.96 Å². The van der Waals surface area contributed by atoms with Crippen molar-refractivity contribution in [3.05, 3.63) is 29.8 Å². The van der Waals surface area contributed by atoms with Crippen LogP contribution in [-0.2, 0) is 6.42 Å². The van der Waals surface area contributed by atoms with Crippen LogP contribution in [0.25, 0.3) is 0 Å². The highest BCUT2D eigenvalue weighted by atomic mass is 16.5. The summed E-state index contributed by atoms with van der Waals surface area (Å²) >= 11 is 0. The van der Waals surface area contributed by atoms with E-state index in [1.807, 2.05) is 18.2 Å². The summed E-state index contributed by atoms with van der Waals surface area (Å²) in [7, 11) is 1.72. The molecule has 0 aromatic heterocycles. The number of aliphatic imine (C=N–C) groups is 1. The van der Waals surface area contributed by atoms with Gasteiger partial charge in [-0.15, -0.1) is 0 Å². The van der Waals surface area contributed by atoms with Gasteiger partial charge in [0.25, 0.3) is 0 Å². The van der Waals surface area contributed by atoms with Gasteiger partial charge < -0.3 is 20.3 Å². The first-order chi connectivity index (χ1) is 11.7. The van der Waals surface area contributed by atoms with Gasteiger partial charge in [0.1, 0.15) is 5.75 Å². The smallest absolute Gasteiger partial charge is 0.191 e. The van der Waals surface area contributed by atoms with Gasteiger partial charge in [-0.25, -0.2) is 0 Å². The maximum absolute atomic E-state index is 5.40. The largest absolute Gasteiger partial charge is 0.496 e. The third-order valence-electron chi connectivity index (χ3n) is 4.02. The van der Waals surface area contributed by atoms with Crippen molar-refractivity contribution in [2.45, 2.75) is 33.6 Å². The number of ether oxygens (including phenoxy) is 1. The van der Waals surface area contributed by atoms with Crippen molar-refractivity contribution in [1.82, 2.24) is 15.5 Å². The van der Waals surface area contributed by atoms with Crippen molar-refractivity contribution < 1.29 is 4.74 Å². The lowest BCUT2D eigenvalue weighted by atomic mass is 10.1. The lowest BCUT2D eigenvalue weighted by molar-refractivity contribution is 0.302. The summed E-state index contributed by atoms with van der Waals surface area (Å²) in [5.74, 6) is 1.84. The molecule has 0 spiro atoms. The Kier molecular flexibility index (Phi) is 10.7. The Morgan fingerprint density at radius 3 is 2.54 bits per heavy atom. The summed E-state index contributed by atoms with van der Waals surface area (Å²) in [6.45, 7) is 12.4. The molecule has 0 aliphatic heterocycles. The van der Waals surface area contributed by atoms with E-state index in [1.165, 1.54) is 5.56 Å². The van der Waals surface area contributed by atoms with Crippen molar-refractivity contribution in [2.75, 3.05) is 46.4 Å². The van der Waals surface area contributed by atoms with Gasteiger partial charge in [0.05, 0.1) is 7.11 Å². The Bertz CT molecular complexity index is 472. The standard InChI is InChI=1S/C19H34N4O/c1-5-20-19(21-14-10-16-23(6-2)7-3)22-15-13-17-11-8-9-12-18(17)24-4/h8-9,11-12H,5-7,10,13-16H2,1-4H3,(H2,20,21,22). The molecular formula is C19H34N4O. The van der Waals surface area contributed by atoms with Gasteiger partial charge >= 0.3 is 0 Å². The van der Waals surface area contributed by atoms with Crippen LogP contribution in [0.2, 0.25) is 0 Å². The fraction of sp³-hybridized carbons (Fsp3) is 0.632. The number of benzene rings is 1. The van der Waals surface area contributed by atoms with Crippen LogP contribution in [0.1, 0.15) is 32.8 Å². The van der Waals surface area contributed by atoms with E-state index in [4.69, 9.17) is 4.74 Å². The van der Waals surface area contributed by atoms with Crippen LogP contribution in [0.15, 0.2) is 29.3 Å². The highest BCUT2D eigenvalue weighted by Gasteiger charge is 2.03. The average molecular weight is 335 g/mol. The Hall–Kier alpha value is -1.75. The molecule has 0 saturated heterocycles. The quantitative estimate of drug-likeness (QED) is 0.371. The second kappa shape index (κ2) is 12.6. The Morgan fingerprint density at radius 2 is 1.88 bits per heavy atom. The SMILES string of the molecule is CCNC(=NCCCN(CC)CC)NCCc1ccccc1OC. The molecule has 0 saturated carbocycles. The first-order valence-corrected chi connectivity index (χ1v) is 9.11. The second-order valence-corrected chi connectivity index (χ2v) is 5.63. The van der Waals surface area contributed by atoms with E-state index in [1.54, 1.807) is 7.11 Å². The summed E-state index contributed by atoms with van der Waals surface area (Å²) in [5, 5.41) is 6.71. The van der Waals surface area contributed by atoms with Crippen LogP contribution in [-0.4, -0.2) is 57.2 Å². The van der Waals surface area contributed by atoms with E-state index in [-0.39, 0.29) is 0 Å². The molecule has 0 unspecified atom stereocenters. The summed E-state index contributed by atoms with van der Waals surface area (Å²) in [5.41, 5.74) is 1.21. The maximum Gasteiger partial charge on any atom is 0.191 e. The molecule has 0 radical (unpaired) electrons. The maximum atomic E-state index is 5.40. The number of nitrogens with one attached hydrogen (secondary N) is 2. The number of hydrogen-bond donors (Lipinski definition) is 2. The highest BCUT2D eigenvalue weighted by Crippen LogP contribution is 2.17. The van der Waals surface area contributed by atoms with Gasteiger partial charge in [-0.1, -0.05) is 32.0 Å². The van der Waals surface area contributed by atoms with Crippen LogP contribution >= 0.6 is 0 Å². The van der Waals surface area contributed by atoms with Crippen molar-refractivity contribution in [2.24, 2.45) is 4.99 Å². The summed E-state index contributed by atoms with van der Waals surface area (Å²) in [6, 6.07) is 8.15.